The molecular weight excluding hydrogens is 478 g/mol. The van der Waals surface area contributed by atoms with Gasteiger partial charge in [0.25, 0.3) is 0 Å². The van der Waals surface area contributed by atoms with E-state index in [4.69, 9.17) is 11.5 Å². The SMILES string of the molecule is Cn1cnc(-c2cccc(N)c2)c1[C](=[W])Sc1[c-]c(N)ncc1. The molecule has 0 fully saturated rings. The van der Waals surface area contributed by atoms with E-state index in [2.05, 4.69) is 16.0 Å². The Labute approximate surface area is 149 Å². The molecule has 2 aromatic heterocycles. The summed E-state index contributed by atoms with van der Waals surface area (Å²) in [5.41, 5.74) is 15.4. The van der Waals surface area contributed by atoms with Crippen LogP contribution in [-0.4, -0.2) is 17.8 Å². The van der Waals surface area contributed by atoms with Crippen molar-refractivity contribution in [1.29, 1.82) is 0 Å². The van der Waals surface area contributed by atoms with Gasteiger partial charge in [-0.3, -0.25) is 0 Å². The van der Waals surface area contributed by atoms with Crippen LogP contribution < -0.4 is 11.5 Å². The van der Waals surface area contributed by atoms with Crippen LogP contribution >= 0.6 is 11.8 Å². The summed E-state index contributed by atoms with van der Waals surface area (Å²) in [5, 5.41) is 0. The van der Waals surface area contributed by atoms with Gasteiger partial charge in [0.2, 0.25) is 0 Å². The van der Waals surface area contributed by atoms with Crippen molar-refractivity contribution in [3.8, 4) is 11.3 Å². The number of rotatable bonds is 4. The van der Waals surface area contributed by atoms with E-state index in [0.29, 0.717) is 5.82 Å². The van der Waals surface area contributed by atoms with Crippen LogP contribution in [0.1, 0.15) is 5.69 Å². The van der Waals surface area contributed by atoms with E-state index < -0.39 is 0 Å². The molecule has 0 spiro atoms. The van der Waals surface area contributed by atoms with Gasteiger partial charge in [-0.15, -0.1) is 0 Å². The molecule has 2 heterocycles. The molecular formula is C16H14N5SW-. The molecule has 0 amide bonds. The molecule has 0 unspecified atom stereocenters. The zero-order chi connectivity index (χ0) is 16.4. The third-order valence-corrected chi connectivity index (χ3v) is 5.61. The van der Waals surface area contributed by atoms with Crippen molar-refractivity contribution in [3.63, 3.8) is 0 Å². The molecule has 0 bridgehead atoms. The molecule has 0 radical (unpaired) electrons. The number of benzene rings is 1. The summed E-state index contributed by atoms with van der Waals surface area (Å²) in [7, 11) is 1.99. The number of nitrogens with two attached hydrogens (primary N) is 2. The van der Waals surface area contributed by atoms with Crippen LogP contribution in [0.25, 0.3) is 11.3 Å². The normalized spacial score (nSPS) is 10.7. The van der Waals surface area contributed by atoms with Crippen LogP contribution in [0.4, 0.5) is 11.5 Å². The van der Waals surface area contributed by atoms with E-state index in [-0.39, 0.29) is 0 Å². The van der Waals surface area contributed by atoms with Crippen molar-refractivity contribution in [1.82, 2.24) is 14.5 Å². The van der Waals surface area contributed by atoms with E-state index in [1.165, 1.54) is 22.6 Å². The Kier molecular flexibility index (Phi) is 4.64. The Balaban J connectivity index is 1.96. The maximum absolute atomic E-state index is 5.90. The Morgan fingerprint density at radius 2 is 2.09 bits per heavy atom. The third-order valence-electron chi connectivity index (χ3n) is 3.18. The van der Waals surface area contributed by atoms with E-state index in [9.17, 15) is 0 Å². The summed E-state index contributed by atoms with van der Waals surface area (Å²) in [6.45, 7) is 0. The van der Waals surface area contributed by atoms with E-state index in [0.717, 1.165) is 27.5 Å². The van der Waals surface area contributed by atoms with Gasteiger partial charge in [0, 0.05) is 0 Å². The fourth-order valence-corrected chi connectivity index (χ4v) is 4.82. The van der Waals surface area contributed by atoms with Crippen molar-refractivity contribution < 1.29 is 19.4 Å². The molecule has 7 heteroatoms. The number of nitrogen functional groups attached to an aromatic ring is 2. The van der Waals surface area contributed by atoms with Crippen LogP contribution in [0.5, 0.6) is 0 Å². The number of anilines is 2. The first-order chi connectivity index (χ1) is 11.0. The average molecular weight is 492 g/mol. The number of aryl methyl sites for hydroxylation is 1. The molecule has 0 atom stereocenters. The zero-order valence-corrected chi connectivity index (χ0v) is 16.1. The quantitative estimate of drug-likeness (QED) is 0.332. The van der Waals surface area contributed by atoms with Gasteiger partial charge >= 0.3 is 150 Å². The van der Waals surface area contributed by atoms with Gasteiger partial charge in [-0.1, -0.05) is 0 Å². The van der Waals surface area contributed by atoms with Crippen LogP contribution in [-0.2, 0) is 26.4 Å². The van der Waals surface area contributed by atoms with Crippen molar-refractivity contribution in [2.24, 2.45) is 7.05 Å². The van der Waals surface area contributed by atoms with Crippen LogP contribution in [0.3, 0.4) is 0 Å². The standard InChI is InChI=1S/C16H14N5S.W/c1-21-10-20-16(11-3-2-4-12(17)7-11)14(21)9-22-13-5-6-19-15(18)8-13;/h2-7,10H,17H2,1H3,(H2,18,19);/q-1;. The minimum absolute atomic E-state index is 0.402. The number of nitrogens with zero attached hydrogens (tertiary/aromatic N) is 3. The van der Waals surface area contributed by atoms with E-state index >= 15 is 0 Å². The molecule has 0 aliphatic heterocycles. The molecule has 5 nitrogen and oxygen atoms in total. The van der Waals surface area contributed by atoms with Gasteiger partial charge in [0.1, 0.15) is 0 Å². The Morgan fingerprint density at radius 3 is 2.83 bits per heavy atom. The maximum atomic E-state index is 5.90. The summed E-state index contributed by atoms with van der Waals surface area (Å²) in [5.74, 6) is 0.402. The summed E-state index contributed by atoms with van der Waals surface area (Å²) < 4.78 is 3.21. The molecule has 3 rings (SSSR count). The molecule has 116 valence electrons. The first kappa shape index (κ1) is 16.0. The second kappa shape index (κ2) is 6.69. The monoisotopic (exact) mass is 492 g/mol. The number of pyridine rings is 1. The number of hydrogen-bond donors (Lipinski definition) is 2. The summed E-state index contributed by atoms with van der Waals surface area (Å²) in [6, 6.07) is 12.7. The summed E-state index contributed by atoms with van der Waals surface area (Å²) >= 11 is 2.98. The average Bonchev–Trinajstić information content (AvgIpc) is 2.89. The van der Waals surface area contributed by atoms with Gasteiger partial charge in [-0.05, 0) is 0 Å². The number of imidazole rings is 1. The van der Waals surface area contributed by atoms with Gasteiger partial charge < -0.3 is 0 Å². The third kappa shape index (κ3) is 3.54. The van der Waals surface area contributed by atoms with Crippen molar-refractivity contribution in [2.75, 3.05) is 11.5 Å². The Morgan fingerprint density at radius 1 is 1.26 bits per heavy atom. The second-order valence-electron chi connectivity index (χ2n) is 4.89. The fourth-order valence-electron chi connectivity index (χ4n) is 2.16. The number of thioether (sulfide) groups is 1. The van der Waals surface area contributed by atoms with Crippen molar-refractivity contribution in [2.45, 2.75) is 4.90 Å². The summed E-state index contributed by atoms with van der Waals surface area (Å²) in [4.78, 5) is 9.47. The fraction of sp³-hybridized carbons (Fsp3) is 0.0625. The second-order valence-corrected chi connectivity index (χ2v) is 8.43. The van der Waals surface area contributed by atoms with Crippen molar-refractivity contribution >= 4 is 26.5 Å². The van der Waals surface area contributed by atoms with Gasteiger partial charge in [-0.25, -0.2) is 0 Å². The van der Waals surface area contributed by atoms with Crippen LogP contribution in [0.2, 0.25) is 0 Å². The predicted molar refractivity (Wildman–Crippen MR) is 90.5 cm³/mol. The zero-order valence-electron chi connectivity index (χ0n) is 12.4. The topological polar surface area (TPSA) is 82.8 Å². The van der Waals surface area contributed by atoms with E-state index in [1.54, 1.807) is 18.0 Å². The molecule has 0 aliphatic rings. The molecule has 0 aliphatic carbocycles. The van der Waals surface area contributed by atoms with E-state index in [1.807, 2.05) is 48.3 Å². The van der Waals surface area contributed by atoms with Crippen LogP contribution in [0.15, 0.2) is 47.8 Å². The molecule has 0 saturated heterocycles. The van der Waals surface area contributed by atoms with Crippen molar-refractivity contribution in [3.05, 3.63) is 54.6 Å². The molecule has 4 N–H and O–H groups in total. The Bertz CT molecular complexity index is 874. The molecule has 23 heavy (non-hydrogen) atoms. The van der Waals surface area contributed by atoms with Gasteiger partial charge in [0.05, 0.1) is 0 Å². The summed E-state index contributed by atoms with van der Waals surface area (Å²) in [6.07, 6.45) is 3.51. The number of aromatic nitrogens is 3. The van der Waals surface area contributed by atoms with Gasteiger partial charge in [0.15, 0.2) is 0 Å². The predicted octanol–water partition coefficient (Wildman–Crippen LogP) is 2.26. The molecule has 3 aromatic rings. The first-order valence-electron chi connectivity index (χ1n) is 6.78. The molecule has 0 saturated carbocycles. The Hall–Kier alpha value is -1.91. The van der Waals surface area contributed by atoms with Gasteiger partial charge in [-0.2, -0.15) is 0 Å². The first-order valence-corrected chi connectivity index (χ1v) is 9.06. The minimum atomic E-state index is 0.402. The molecule has 1 aromatic carbocycles. The van der Waals surface area contributed by atoms with Crippen LogP contribution in [0, 0.1) is 6.07 Å². The number of hydrogen-bond acceptors (Lipinski definition) is 5.